The monoisotopic (exact) mass is 467 g/mol. The molecule has 132 valence electrons. The molecular formula is C20H14IN5O. The number of aromatic nitrogens is 3. The van der Waals surface area contributed by atoms with Crippen molar-refractivity contribution in [3.8, 4) is 17.6 Å². The van der Waals surface area contributed by atoms with E-state index in [0.29, 0.717) is 17.2 Å². The Morgan fingerprint density at radius 3 is 2.63 bits per heavy atom. The summed E-state index contributed by atoms with van der Waals surface area (Å²) in [5.74, 6) is 1.96. The van der Waals surface area contributed by atoms with Crippen molar-refractivity contribution in [1.29, 1.82) is 5.26 Å². The number of fused-ring (bicyclic) bond motifs is 1. The molecule has 0 saturated heterocycles. The van der Waals surface area contributed by atoms with Crippen LogP contribution in [0.25, 0.3) is 11.0 Å². The van der Waals surface area contributed by atoms with Crippen LogP contribution >= 0.6 is 22.6 Å². The molecule has 0 aliphatic heterocycles. The Bertz CT molecular complexity index is 1160. The summed E-state index contributed by atoms with van der Waals surface area (Å²) >= 11 is 2.28. The van der Waals surface area contributed by atoms with Gasteiger partial charge in [-0.1, -0.05) is 0 Å². The predicted molar refractivity (Wildman–Crippen MR) is 112 cm³/mol. The van der Waals surface area contributed by atoms with Gasteiger partial charge in [0.1, 0.15) is 23.3 Å². The topological polar surface area (TPSA) is 75.8 Å². The third-order valence-corrected chi connectivity index (χ3v) is 4.75. The second kappa shape index (κ2) is 7.25. The fourth-order valence-corrected chi connectivity index (χ4v) is 3.05. The Labute approximate surface area is 169 Å². The first-order valence-corrected chi connectivity index (χ1v) is 9.23. The number of rotatable bonds is 4. The molecule has 2 aromatic carbocycles. The maximum absolute atomic E-state index is 8.95. The summed E-state index contributed by atoms with van der Waals surface area (Å²) < 4.78 is 9.03. The number of nitrogens with zero attached hydrogens (tertiary/aromatic N) is 4. The van der Waals surface area contributed by atoms with Crippen LogP contribution in [0.5, 0.6) is 11.5 Å². The highest BCUT2D eigenvalue weighted by Crippen LogP contribution is 2.28. The quantitative estimate of drug-likeness (QED) is 0.429. The lowest BCUT2D eigenvalue weighted by Crippen LogP contribution is -1.98. The molecule has 0 aliphatic rings. The number of benzene rings is 2. The molecule has 1 N–H and O–H groups in total. The van der Waals surface area contributed by atoms with Crippen LogP contribution in [0.15, 0.2) is 60.8 Å². The number of pyridine rings is 1. The maximum atomic E-state index is 8.95. The van der Waals surface area contributed by atoms with Crippen molar-refractivity contribution in [2.45, 2.75) is 0 Å². The molecule has 4 rings (SSSR count). The van der Waals surface area contributed by atoms with Crippen LogP contribution in [0.2, 0.25) is 0 Å². The van der Waals surface area contributed by atoms with Crippen molar-refractivity contribution in [2.24, 2.45) is 7.05 Å². The van der Waals surface area contributed by atoms with Crippen LogP contribution < -0.4 is 10.1 Å². The third-order valence-electron chi connectivity index (χ3n) is 4.03. The van der Waals surface area contributed by atoms with E-state index in [1.54, 1.807) is 18.3 Å². The molecule has 2 aromatic heterocycles. The largest absolute Gasteiger partial charge is 0.457 e. The second-order valence-corrected chi connectivity index (χ2v) is 7.11. The molecule has 0 unspecified atom stereocenters. The van der Waals surface area contributed by atoms with Gasteiger partial charge >= 0.3 is 0 Å². The average molecular weight is 467 g/mol. The SMILES string of the molecule is Cn1c(Nc2ccc(I)cc2)nc2cc(Oc3ccnc(C#N)c3)ccc21. The van der Waals surface area contributed by atoms with Crippen LogP contribution in [0, 0.1) is 14.9 Å². The van der Waals surface area contributed by atoms with E-state index in [4.69, 9.17) is 10.00 Å². The zero-order chi connectivity index (χ0) is 18.8. The third kappa shape index (κ3) is 3.71. The summed E-state index contributed by atoms with van der Waals surface area (Å²) in [6.07, 6.45) is 1.55. The second-order valence-electron chi connectivity index (χ2n) is 5.87. The van der Waals surface area contributed by atoms with Crippen molar-refractivity contribution >= 4 is 45.3 Å². The van der Waals surface area contributed by atoms with E-state index in [0.717, 1.165) is 22.7 Å². The Hall–Kier alpha value is -3.12. The van der Waals surface area contributed by atoms with Crippen LogP contribution in [-0.4, -0.2) is 14.5 Å². The van der Waals surface area contributed by atoms with Gasteiger partial charge in [0.2, 0.25) is 5.95 Å². The number of hydrogen-bond donors (Lipinski definition) is 1. The fourth-order valence-electron chi connectivity index (χ4n) is 2.69. The minimum absolute atomic E-state index is 0.315. The van der Waals surface area contributed by atoms with Gasteiger partial charge in [0, 0.05) is 34.6 Å². The van der Waals surface area contributed by atoms with E-state index in [2.05, 4.69) is 37.9 Å². The minimum Gasteiger partial charge on any atom is -0.457 e. The molecular weight excluding hydrogens is 453 g/mol. The lowest BCUT2D eigenvalue weighted by atomic mass is 10.3. The van der Waals surface area contributed by atoms with Gasteiger partial charge in [-0.2, -0.15) is 5.26 Å². The van der Waals surface area contributed by atoms with Crippen molar-refractivity contribution in [3.63, 3.8) is 0 Å². The summed E-state index contributed by atoms with van der Waals surface area (Å²) in [4.78, 5) is 8.62. The maximum Gasteiger partial charge on any atom is 0.208 e. The van der Waals surface area contributed by atoms with Crippen LogP contribution in [-0.2, 0) is 7.05 Å². The van der Waals surface area contributed by atoms with E-state index in [-0.39, 0.29) is 0 Å². The minimum atomic E-state index is 0.315. The van der Waals surface area contributed by atoms with Gasteiger partial charge in [-0.05, 0) is 65.1 Å². The van der Waals surface area contributed by atoms with E-state index in [1.807, 2.05) is 60.1 Å². The van der Waals surface area contributed by atoms with Crippen molar-refractivity contribution in [1.82, 2.24) is 14.5 Å². The Morgan fingerprint density at radius 1 is 1.07 bits per heavy atom. The van der Waals surface area contributed by atoms with E-state index in [1.165, 1.54) is 3.57 Å². The van der Waals surface area contributed by atoms with Gasteiger partial charge in [0.05, 0.1) is 11.0 Å². The number of anilines is 2. The summed E-state index contributed by atoms with van der Waals surface area (Å²) in [7, 11) is 1.97. The number of imidazole rings is 1. The first-order chi connectivity index (χ1) is 13.1. The van der Waals surface area contributed by atoms with E-state index in [9.17, 15) is 0 Å². The molecule has 7 heteroatoms. The summed E-state index contributed by atoms with van der Waals surface area (Å²) in [6, 6.07) is 19.2. The number of hydrogen-bond acceptors (Lipinski definition) is 5. The first kappa shape index (κ1) is 17.3. The number of halogens is 1. The zero-order valence-corrected chi connectivity index (χ0v) is 16.5. The molecule has 0 radical (unpaired) electrons. The molecule has 6 nitrogen and oxygen atoms in total. The van der Waals surface area contributed by atoms with Gasteiger partial charge in [-0.3, -0.25) is 0 Å². The summed E-state index contributed by atoms with van der Waals surface area (Å²) in [5.41, 5.74) is 3.10. The average Bonchev–Trinajstić information content (AvgIpc) is 2.99. The fraction of sp³-hybridized carbons (Fsp3) is 0.0500. The number of ether oxygens (including phenoxy) is 1. The molecule has 0 bridgehead atoms. The van der Waals surface area contributed by atoms with Crippen molar-refractivity contribution in [3.05, 3.63) is 70.1 Å². The number of nitriles is 1. The van der Waals surface area contributed by atoms with Crippen molar-refractivity contribution in [2.75, 3.05) is 5.32 Å². The van der Waals surface area contributed by atoms with Gasteiger partial charge in [-0.25, -0.2) is 9.97 Å². The zero-order valence-electron chi connectivity index (χ0n) is 14.3. The summed E-state index contributed by atoms with van der Waals surface area (Å²) in [6.45, 7) is 0. The highest BCUT2D eigenvalue weighted by Gasteiger charge is 2.10. The van der Waals surface area contributed by atoms with Crippen molar-refractivity contribution < 1.29 is 4.74 Å². The van der Waals surface area contributed by atoms with E-state index < -0.39 is 0 Å². The standard InChI is InChI=1S/C20H14IN5O/c1-26-19-7-6-16(27-17-8-9-23-15(10-17)12-22)11-18(19)25-20(26)24-14-4-2-13(21)3-5-14/h2-11H,1H3,(H,24,25). The van der Waals surface area contributed by atoms with Gasteiger partial charge < -0.3 is 14.6 Å². The van der Waals surface area contributed by atoms with Crippen LogP contribution in [0.1, 0.15) is 5.69 Å². The highest BCUT2D eigenvalue weighted by molar-refractivity contribution is 14.1. The summed E-state index contributed by atoms with van der Waals surface area (Å²) in [5, 5.41) is 12.3. The lowest BCUT2D eigenvalue weighted by Gasteiger charge is -2.06. The molecule has 27 heavy (non-hydrogen) atoms. The van der Waals surface area contributed by atoms with E-state index >= 15 is 0 Å². The lowest BCUT2D eigenvalue weighted by molar-refractivity contribution is 0.482. The Morgan fingerprint density at radius 2 is 1.85 bits per heavy atom. The molecule has 0 aliphatic carbocycles. The molecule has 0 amide bonds. The number of nitrogens with one attached hydrogen (secondary N) is 1. The van der Waals surface area contributed by atoms with Gasteiger partial charge in [0.25, 0.3) is 0 Å². The Kier molecular flexibility index (Phi) is 4.64. The molecule has 0 atom stereocenters. The smallest absolute Gasteiger partial charge is 0.208 e. The van der Waals surface area contributed by atoms with Gasteiger partial charge in [0.15, 0.2) is 0 Å². The molecule has 0 fully saturated rings. The Balaban J connectivity index is 1.62. The molecule has 0 spiro atoms. The number of aryl methyl sites for hydroxylation is 1. The highest BCUT2D eigenvalue weighted by atomic mass is 127. The normalized spacial score (nSPS) is 10.6. The molecule has 2 heterocycles. The molecule has 4 aromatic rings. The van der Waals surface area contributed by atoms with Gasteiger partial charge in [-0.15, -0.1) is 0 Å². The van der Waals surface area contributed by atoms with Crippen LogP contribution in [0.3, 0.4) is 0 Å². The first-order valence-electron chi connectivity index (χ1n) is 8.15. The van der Waals surface area contributed by atoms with Crippen LogP contribution in [0.4, 0.5) is 11.6 Å². The molecule has 0 saturated carbocycles. The predicted octanol–water partition coefficient (Wildman–Crippen LogP) is 4.98.